The lowest BCUT2D eigenvalue weighted by Crippen LogP contribution is -1.86. The van der Waals surface area contributed by atoms with Crippen molar-refractivity contribution in [2.24, 2.45) is 0 Å². The second-order valence-electron chi connectivity index (χ2n) is 3.33. The molecule has 0 N–H and O–H groups in total. The van der Waals surface area contributed by atoms with Crippen molar-refractivity contribution < 1.29 is 0 Å². The van der Waals surface area contributed by atoms with Gasteiger partial charge in [0.15, 0.2) is 0 Å². The minimum atomic E-state index is 1.24. The Balaban J connectivity index is 3.23. The Bertz CT molecular complexity index is 343. The third-order valence-corrected chi connectivity index (χ3v) is 2.45. The Hall–Kier alpha value is -1.30. The monoisotopic (exact) mass is 172 g/mol. The van der Waals surface area contributed by atoms with Crippen LogP contribution in [0.15, 0.2) is 42.5 Å². The first kappa shape index (κ1) is 9.79. The minimum absolute atomic E-state index is 1.24. The van der Waals surface area contributed by atoms with Crippen LogP contribution < -0.4 is 0 Å². The van der Waals surface area contributed by atoms with Gasteiger partial charge in [0.2, 0.25) is 0 Å². The highest BCUT2D eigenvalue weighted by Crippen LogP contribution is 2.21. The molecule has 0 saturated carbocycles. The van der Waals surface area contributed by atoms with Crippen molar-refractivity contribution in [1.82, 2.24) is 0 Å². The molecule has 1 aromatic carbocycles. The number of benzene rings is 1. The highest BCUT2D eigenvalue weighted by molar-refractivity contribution is 5.70. The van der Waals surface area contributed by atoms with Crippen LogP contribution in [0.25, 0.3) is 5.57 Å². The third kappa shape index (κ3) is 2.09. The second kappa shape index (κ2) is 4.08. The Morgan fingerprint density at radius 1 is 1.23 bits per heavy atom. The number of aryl methyl sites for hydroxylation is 1. The van der Waals surface area contributed by atoms with E-state index in [0.717, 1.165) is 0 Å². The molecule has 13 heavy (non-hydrogen) atoms. The Morgan fingerprint density at radius 2 is 1.85 bits per heavy atom. The van der Waals surface area contributed by atoms with Gasteiger partial charge in [-0.05, 0) is 43.0 Å². The summed E-state index contributed by atoms with van der Waals surface area (Å²) in [5, 5.41) is 0. The van der Waals surface area contributed by atoms with Crippen molar-refractivity contribution in [3.63, 3.8) is 0 Å². The van der Waals surface area contributed by atoms with Gasteiger partial charge in [-0.1, -0.05) is 36.9 Å². The van der Waals surface area contributed by atoms with Gasteiger partial charge in [0.1, 0.15) is 0 Å². The zero-order chi connectivity index (χ0) is 9.84. The van der Waals surface area contributed by atoms with Gasteiger partial charge in [-0.3, -0.25) is 0 Å². The van der Waals surface area contributed by atoms with Crippen LogP contribution in [0.5, 0.6) is 0 Å². The maximum atomic E-state index is 3.78. The molecule has 0 saturated heterocycles. The summed E-state index contributed by atoms with van der Waals surface area (Å²) in [6.07, 6.45) is 1.90. The molecule has 0 aromatic heterocycles. The molecule has 0 heteroatoms. The molecule has 68 valence electrons. The van der Waals surface area contributed by atoms with Gasteiger partial charge >= 0.3 is 0 Å². The van der Waals surface area contributed by atoms with Crippen molar-refractivity contribution >= 4 is 5.57 Å². The quantitative estimate of drug-likeness (QED) is 0.592. The molecule has 0 aliphatic heterocycles. The molecule has 1 rings (SSSR count). The summed E-state index contributed by atoms with van der Waals surface area (Å²) < 4.78 is 0. The van der Waals surface area contributed by atoms with Crippen LogP contribution in [0.2, 0.25) is 0 Å². The van der Waals surface area contributed by atoms with Gasteiger partial charge < -0.3 is 0 Å². The maximum Gasteiger partial charge on any atom is -0.0195 e. The molecule has 0 amide bonds. The van der Waals surface area contributed by atoms with Crippen molar-refractivity contribution in [2.45, 2.75) is 20.8 Å². The highest BCUT2D eigenvalue weighted by atomic mass is 14.0. The Kier molecular flexibility index (Phi) is 3.07. The van der Waals surface area contributed by atoms with Crippen LogP contribution in [-0.4, -0.2) is 0 Å². The zero-order valence-electron chi connectivity index (χ0n) is 8.59. The summed E-state index contributed by atoms with van der Waals surface area (Å²) in [4.78, 5) is 0. The number of allylic oxidation sites excluding steroid dienone is 3. The SMILES string of the molecule is C=C/C(C)=C(\C)c1ccccc1C. The number of hydrogen-bond donors (Lipinski definition) is 0. The van der Waals surface area contributed by atoms with E-state index in [2.05, 4.69) is 51.6 Å². The summed E-state index contributed by atoms with van der Waals surface area (Å²) in [6, 6.07) is 8.42. The lowest BCUT2D eigenvalue weighted by Gasteiger charge is -2.07. The van der Waals surface area contributed by atoms with Crippen LogP contribution in [0.1, 0.15) is 25.0 Å². The standard InChI is InChI=1S/C13H16/c1-5-10(2)12(4)13-9-7-6-8-11(13)3/h5-9H,1H2,2-4H3/b12-10+. The molecular weight excluding hydrogens is 156 g/mol. The fourth-order valence-electron chi connectivity index (χ4n) is 1.36. The van der Waals surface area contributed by atoms with E-state index >= 15 is 0 Å². The highest BCUT2D eigenvalue weighted by Gasteiger charge is 2.00. The van der Waals surface area contributed by atoms with Crippen LogP contribution in [0.4, 0.5) is 0 Å². The third-order valence-electron chi connectivity index (χ3n) is 2.45. The second-order valence-corrected chi connectivity index (χ2v) is 3.33. The normalized spacial score (nSPS) is 12.2. The smallest absolute Gasteiger partial charge is 0.0195 e. The Labute approximate surface area is 80.6 Å². The van der Waals surface area contributed by atoms with Gasteiger partial charge in [0, 0.05) is 0 Å². The van der Waals surface area contributed by atoms with E-state index in [4.69, 9.17) is 0 Å². The van der Waals surface area contributed by atoms with Crippen molar-refractivity contribution in [1.29, 1.82) is 0 Å². The fraction of sp³-hybridized carbons (Fsp3) is 0.231. The average Bonchev–Trinajstić information content (AvgIpc) is 2.16. The van der Waals surface area contributed by atoms with E-state index in [-0.39, 0.29) is 0 Å². The molecule has 0 radical (unpaired) electrons. The van der Waals surface area contributed by atoms with E-state index in [0.29, 0.717) is 0 Å². The Morgan fingerprint density at radius 3 is 2.38 bits per heavy atom. The van der Waals surface area contributed by atoms with Gasteiger partial charge in [0.25, 0.3) is 0 Å². The summed E-state index contributed by atoms with van der Waals surface area (Å²) in [5.74, 6) is 0. The molecule has 1 aromatic rings. The molecule has 0 unspecified atom stereocenters. The first-order valence-corrected chi connectivity index (χ1v) is 4.52. The van der Waals surface area contributed by atoms with E-state index in [1.54, 1.807) is 0 Å². The fourth-order valence-corrected chi connectivity index (χ4v) is 1.36. The van der Waals surface area contributed by atoms with Crippen LogP contribution in [0.3, 0.4) is 0 Å². The van der Waals surface area contributed by atoms with E-state index in [9.17, 15) is 0 Å². The van der Waals surface area contributed by atoms with E-state index in [1.165, 1.54) is 22.3 Å². The van der Waals surface area contributed by atoms with Crippen LogP contribution in [-0.2, 0) is 0 Å². The predicted octanol–water partition coefficient (Wildman–Crippen LogP) is 3.97. The van der Waals surface area contributed by atoms with Gasteiger partial charge in [-0.2, -0.15) is 0 Å². The maximum absolute atomic E-state index is 3.78. The van der Waals surface area contributed by atoms with Crippen molar-refractivity contribution in [3.05, 3.63) is 53.6 Å². The number of hydrogen-bond acceptors (Lipinski definition) is 0. The molecule has 0 heterocycles. The van der Waals surface area contributed by atoms with Gasteiger partial charge in [-0.25, -0.2) is 0 Å². The van der Waals surface area contributed by atoms with Crippen LogP contribution >= 0.6 is 0 Å². The molecule has 0 fully saturated rings. The summed E-state index contributed by atoms with van der Waals surface area (Å²) >= 11 is 0. The summed E-state index contributed by atoms with van der Waals surface area (Å²) in [7, 11) is 0. The molecule has 0 aliphatic carbocycles. The lowest BCUT2D eigenvalue weighted by atomic mass is 9.98. The molecular formula is C13H16. The van der Waals surface area contributed by atoms with Gasteiger partial charge in [0.05, 0.1) is 0 Å². The molecule has 0 spiro atoms. The average molecular weight is 172 g/mol. The lowest BCUT2D eigenvalue weighted by molar-refractivity contribution is 1.38. The van der Waals surface area contributed by atoms with E-state index < -0.39 is 0 Å². The first-order valence-electron chi connectivity index (χ1n) is 4.52. The number of rotatable bonds is 2. The predicted molar refractivity (Wildman–Crippen MR) is 59.6 cm³/mol. The zero-order valence-corrected chi connectivity index (χ0v) is 8.59. The summed E-state index contributed by atoms with van der Waals surface area (Å²) in [6.45, 7) is 10.1. The van der Waals surface area contributed by atoms with Crippen LogP contribution in [0, 0.1) is 6.92 Å². The van der Waals surface area contributed by atoms with Crippen molar-refractivity contribution in [3.8, 4) is 0 Å². The van der Waals surface area contributed by atoms with E-state index in [1.807, 2.05) is 6.08 Å². The van der Waals surface area contributed by atoms with Crippen molar-refractivity contribution in [2.75, 3.05) is 0 Å². The molecule has 0 aliphatic rings. The minimum Gasteiger partial charge on any atom is -0.0988 e. The molecule has 0 nitrogen and oxygen atoms in total. The molecule has 0 bridgehead atoms. The van der Waals surface area contributed by atoms with Gasteiger partial charge in [-0.15, -0.1) is 0 Å². The first-order chi connectivity index (χ1) is 6.16. The topological polar surface area (TPSA) is 0 Å². The molecule has 0 atom stereocenters. The summed E-state index contributed by atoms with van der Waals surface area (Å²) in [5.41, 5.74) is 5.20. The largest absolute Gasteiger partial charge is 0.0988 e.